The van der Waals surface area contributed by atoms with Crippen molar-refractivity contribution in [3.8, 4) is 12.1 Å². The molecule has 1 atom stereocenters. The van der Waals surface area contributed by atoms with Crippen LogP contribution in [0.3, 0.4) is 0 Å². The number of hydrogen-bond donors (Lipinski definition) is 0. The van der Waals surface area contributed by atoms with Crippen LogP contribution in [0.4, 0.5) is 15.9 Å². The lowest BCUT2D eigenvalue weighted by molar-refractivity contribution is -0.131. The fourth-order valence-corrected chi connectivity index (χ4v) is 6.90. The van der Waals surface area contributed by atoms with Crippen LogP contribution in [0.5, 0.6) is 6.01 Å². The summed E-state index contributed by atoms with van der Waals surface area (Å²) in [6.45, 7) is 6.99. The zero-order valence-electron chi connectivity index (χ0n) is 25.2. The second-order valence-electron chi connectivity index (χ2n) is 12.4. The molecular formula is C33H37ClFN7O2. The molecule has 1 aromatic heterocycles. The van der Waals surface area contributed by atoms with Crippen LogP contribution in [-0.2, 0) is 17.8 Å². The molecule has 1 amide bonds. The van der Waals surface area contributed by atoms with Gasteiger partial charge in [-0.3, -0.25) is 4.79 Å². The molecule has 0 spiro atoms. The Bertz CT molecular complexity index is 1630. The molecule has 1 unspecified atom stereocenters. The number of carbonyl (C=O) groups excluding carboxylic acids is 1. The topological polar surface area (TPSA) is 88.8 Å². The number of fused-ring (bicyclic) bond motifs is 2. The lowest BCUT2D eigenvalue weighted by Crippen LogP contribution is -2.55. The van der Waals surface area contributed by atoms with Crippen molar-refractivity contribution in [3.63, 3.8) is 0 Å². The number of nitrogens with zero attached hydrogens (tertiary/aromatic N) is 7. The maximum Gasteiger partial charge on any atom is 0.318 e. The van der Waals surface area contributed by atoms with Crippen LogP contribution in [0, 0.1) is 16.7 Å². The van der Waals surface area contributed by atoms with Crippen molar-refractivity contribution in [2.24, 2.45) is 5.41 Å². The monoisotopic (exact) mass is 617 g/mol. The Labute approximate surface area is 262 Å². The number of anilines is 2. The Morgan fingerprint density at radius 1 is 1.18 bits per heavy atom. The average Bonchev–Trinajstić information content (AvgIpc) is 3.77. The number of ether oxygens (including phenoxy) is 1. The summed E-state index contributed by atoms with van der Waals surface area (Å²) in [6, 6.07) is 14.1. The summed E-state index contributed by atoms with van der Waals surface area (Å²) >= 11 is 6.69. The van der Waals surface area contributed by atoms with Crippen molar-refractivity contribution in [2.45, 2.75) is 38.3 Å². The van der Waals surface area contributed by atoms with Crippen LogP contribution in [-0.4, -0.2) is 85.1 Å². The van der Waals surface area contributed by atoms with E-state index in [-0.39, 0.29) is 18.4 Å². The molecule has 2 aliphatic heterocycles. The zero-order chi connectivity index (χ0) is 31.0. The Hall–Kier alpha value is -3.94. The van der Waals surface area contributed by atoms with Gasteiger partial charge < -0.3 is 24.3 Å². The molecule has 1 saturated carbocycles. The molecule has 0 radical (unpaired) electrons. The minimum atomic E-state index is -1.02. The first-order valence-corrected chi connectivity index (χ1v) is 15.4. The van der Waals surface area contributed by atoms with Crippen molar-refractivity contribution in [3.05, 3.63) is 65.1 Å². The first-order valence-electron chi connectivity index (χ1n) is 15.0. The van der Waals surface area contributed by atoms with E-state index in [0.717, 1.165) is 59.5 Å². The molecule has 2 fully saturated rings. The zero-order valence-corrected chi connectivity index (χ0v) is 26.0. The Morgan fingerprint density at radius 2 is 1.95 bits per heavy atom. The van der Waals surface area contributed by atoms with Gasteiger partial charge in [-0.2, -0.15) is 15.2 Å². The normalized spacial score (nSPS) is 19.1. The highest BCUT2D eigenvalue weighted by molar-refractivity contribution is 6.36. The van der Waals surface area contributed by atoms with Crippen molar-refractivity contribution >= 4 is 39.8 Å². The number of carbonyl (C=O) groups is 1. The maximum atomic E-state index is 13.8. The van der Waals surface area contributed by atoms with Gasteiger partial charge >= 0.3 is 6.01 Å². The molecule has 2 aromatic carbocycles. The third kappa shape index (κ3) is 6.04. The molecule has 11 heteroatoms. The van der Waals surface area contributed by atoms with Gasteiger partial charge in [-0.25, -0.2) is 4.39 Å². The van der Waals surface area contributed by atoms with Gasteiger partial charge in [-0.15, -0.1) is 0 Å². The van der Waals surface area contributed by atoms with Gasteiger partial charge in [0.2, 0.25) is 0 Å². The third-order valence-corrected chi connectivity index (χ3v) is 9.23. The molecule has 1 aliphatic carbocycles. The predicted octanol–water partition coefficient (Wildman–Crippen LogP) is 4.98. The van der Waals surface area contributed by atoms with E-state index in [1.54, 1.807) is 0 Å². The first kappa shape index (κ1) is 30.1. The molecule has 44 heavy (non-hydrogen) atoms. The van der Waals surface area contributed by atoms with Crippen molar-refractivity contribution in [2.75, 3.05) is 63.2 Å². The minimum Gasteiger partial charge on any atom is -0.463 e. The van der Waals surface area contributed by atoms with Gasteiger partial charge in [0.25, 0.3) is 5.91 Å². The smallest absolute Gasteiger partial charge is 0.318 e. The second-order valence-corrected chi connectivity index (χ2v) is 12.8. The van der Waals surface area contributed by atoms with E-state index in [1.165, 1.54) is 4.90 Å². The highest BCUT2D eigenvalue weighted by Crippen LogP contribution is 2.46. The van der Waals surface area contributed by atoms with Crippen LogP contribution in [0.2, 0.25) is 5.02 Å². The van der Waals surface area contributed by atoms with E-state index in [1.807, 2.05) is 18.2 Å². The fraction of sp³-hybridized carbons (Fsp3) is 0.455. The van der Waals surface area contributed by atoms with Gasteiger partial charge in [0.05, 0.1) is 42.4 Å². The van der Waals surface area contributed by atoms with E-state index >= 15 is 0 Å². The number of halogens is 2. The van der Waals surface area contributed by atoms with E-state index < -0.39 is 17.8 Å². The lowest BCUT2D eigenvalue weighted by atomic mass is 10.0. The SMILES string of the molecule is C=C(F)C(=O)N1CCN(c2nc(OCC3(CN(C)C)CC3)nc3c2CCN(c2cccc4cccc(Cl)c24)C3)CC1CC#N. The molecule has 1 saturated heterocycles. The Balaban J connectivity index is 1.34. The van der Waals surface area contributed by atoms with Gasteiger partial charge in [0, 0.05) is 54.8 Å². The predicted molar refractivity (Wildman–Crippen MR) is 170 cm³/mol. The van der Waals surface area contributed by atoms with Gasteiger partial charge in [0.1, 0.15) is 5.82 Å². The van der Waals surface area contributed by atoms with E-state index in [4.69, 9.17) is 26.3 Å². The molecule has 0 bridgehead atoms. The van der Waals surface area contributed by atoms with Crippen LogP contribution in [0.1, 0.15) is 30.5 Å². The van der Waals surface area contributed by atoms with Crippen LogP contribution < -0.4 is 14.5 Å². The Morgan fingerprint density at radius 3 is 2.66 bits per heavy atom. The first-order chi connectivity index (χ1) is 21.2. The van der Waals surface area contributed by atoms with Crippen molar-refractivity contribution in [1.29, 1.82) is 5.26 Å². The quantitative estimate of drug-likeness (QED) is 0.311. The van der Waals surface area contributed by atoms with E-state index in [0.29, 0.717) is 43.7 Å². The molecular weight excluding hydrogens is 581 g/mol. The second kappa shape index (κ2) is 12.2. The molecule has 3 aromatic rings. The number of aromatic nitrogens is 2. The molecule has 3 heterocycles. The molecule has 6 rings (SSSR count). The van der Waals surface area contributed by atoms with Crippen LogP contribution in [0.25, 0.3) is 10.8 Å². The van der Waals surface area contributed by atoms with Crippen LogP contribution >= 0.6 is 11.6 Å². The standard InChI is InChI=1S/C33H37ClFN7O2/c1-22(35)31(43)42-17-16-41(18-24(42)10-14-36)30-25-11-15-40(28-9-5-7-23-6-4-8-26(34)29(23)28)19-27(25)37-32(38-30)44-21-33(12-13-33)20-39(2)3/h4-9,24H,1,10-13,15-21H2,2-3H3. The third-order valence-electron chi connectivity index (χ3n) is 8.91. The van der Waals surface area contributed by atoms with Gasteiger partial charge in [0.15, 0.2) is 5.83 Å². The van der Waals surface area contributed by atoms with Crippen molar-refractivity contribution in [1.82, 2.24) is 19.8 Å². The molecule has 230 valence electrons. The largest absolute Gasteiger partial charge is 0.463 e. The summed E-state index contributed by atoms with van der Waals surface area (Å²) in [6.07, 6.45) is 2.98. The van der Waals surface area contributed by atoms with E-state index in [9.17, 15) is 14.4 Å². The molecule has 0 N–H and O–H groups in total. The number of piperazine rings is 1. The number of benzene rings is 2. The van der Waals surface area contributed by atoms with Gasteiger partial charge in [-0.05, 0) is 50.9 Å². The summed E-state index contributed by atoms with van der Waals surface area (Å²) in [7, 11) is 4.14. The molecule has 9 nitrogen and oxygen atoms in total. The number of nitriles is 1. The lowest BCUT2D eigenvalue weighted by Gasteiger charge is -2.42. The summed E-state index contributed by atoms with van der Waals surface area (Å²) in [5.74, 6) is -1.03. The van der Waals surface area contributed by atoms with Crippen molar-refractivity contribution < 1.29 is 13.9 Å². The van der Waals surface area contributed by atoms with E-state index in [2.05, 4.69) is 59.6 Å². The number of rotatable bonds is 9. The number of amides is 1. The molecule has 3 aliphatic rings. The summed E-state index contributed by atoms with van der Waals surface area (Å²) in [5.41, 5.74) is 3.06. The van der Waals surface area contributed by atoms with Crippen LogP contribution in [0.15, 0.2) is 48.8 Å². The average molecular weight is 618 g/mol. The Kier molecular flexibility index (Phi) is 8.36. The minimum absolute atomic E-state index is 0.0782. The number of hydrogen-bond acceptors (Lipinski definition) is 8. The maximum absolute atomic E-state index is 13.8. The summed E-state index contributed by atoms with van der Waals surface area (Å²) < 4.78 is 20.2. The highest BCUT2D eigenvalue weighted by Gasteiger charge is 2.44. The van der Waals surface area contributed by atoms with Gasteiger partial charge in [-0.1, -0.05) is 42.4 Å². The summed E-state index contributed by atoms with van der Waals surface area (Å²) in [5, 5.41) is 12.3. The highest BCUT2D eigenvalue weighted by atomic mass is 35.5. The fourth-order valence-electron chi connectivity index (χ4n) is 6.62. The summed E-state index contributed by atoms with van der Waals surface area (Å²) in [4.78, 5) is 30.4.